The molecule has 0 aromatic carbocycles. The lowest BCUT2D eigenvalue weighted by Gasteiger charge is -2.15. The van der Waals surface area contributed by atoms with Gasteiger partial charge in [0.25, 0.3) is 0 Å². The molecule has 1 aliphatic heterocycles. The highest BCUT2D eigenvalue weighted by atomic mass is 16.5. The summed E-state index contributed by atoms with van der Waals surface area (Å²) < 4.78 is 5.06. The molecule has 0 radical (unpaired) electrons. The molecule has 1 heterocycles. The third kappa shape index (κ3) is 8.18. The summed E-state index contributed by atoms with van der Waals surface area (Å²) in [5, 5.41) is 0. The molecule has 0 saturated carbocycles. The van der Waals surface area contributed by atoms with Crippen LogP contribution in [0.5, 0.6) is 0 Å². The van der Waals surface area contributed by atoms with E-state index in [1.165, 1.54) is 0 Å². The summed E-state index contributed by atoms with van der Waals surface area (Å²) in [5.41, 5.74) is 0. The average molecular weight is 287 g/mol. The van der Waals surface area contributed by atoms with Crippen molar-refractivity contribution in [1.29, 1.82) is 0 Å². The predicted molar refractivity (Wildman–Crippen MR) is 83.5 cm³/mol. The average Bonchev–Trinajstić information content (AvgIpc) is 2.88. The van der Waals surface area contributed by atoms with Crippen LogP contribution < -0.4 is 0 Å². The van der Waals surface area contributed by atoms with Crippen LogP contribution in [-0.2, 0) is 14.3 Å². The van der Waals surface area contributed by atoms with Gasteiger partial charge in [0.15, 0.2) is 0 Å². The summed E-state index contributed by atoms with van der Waals surface area (Å²) in [5.74, 6) is -0.364. The topological polar surface area (TPSA) is 46.6 Å². The molecule has 1 atom stereocenters. The minimum Gasteiger partial charge on any atom is -0.465 e. The molecular formula is C16H33NO3. The molecule has 120 valence electrons. The van der Waals surface area contributed by atoms with Crippen LogP contribution in [0.15, 0.2) is 0 Å². The summed E-state index contributed by atoms with van der Waals surface area (Å²) in [6, 6.07) is 0. The zero-order chi connectivity index (χ0) is 16.0. The molecule has 4 nitrogen and oxygen atoms in total. The fourth-order valence-corrected chi connectivity index (χ4v) is 1.82. The van der Waals surface area contributed by atoms with Crippen LogP contribution >= 0.6 is 0 Å². The second kappa shape index (κ2) is 14.4. The van der Waals surface area contributed by atoms with E-state index in [0.29, 0.717) is 19.6 Å². The van der Waals surface area contributed by atoms with Crippen molar-refractivity contribution in [3.8, 4) is 0 Å². The van der Waals surface area contributed by atoms with Crippen LogP contribution in [0.4, 0.5) is 0 Å². The largest absolute Gasteiger partial charge is 0.465 e. The Morgan fingerprint density at radius 3 is 2.30 bits per heavy atom. The third-order valence-electron chi connectivity index (χ3n) is 2.78. The molecule has 1 rings (SSSR count). The number of amides is 1. The van der Waals surface area contributed by atoms with Crippen molar-refractivity contribution in [3.05, 3.63) is 0 Å². The van der Waals surface area contributed by atoms with Crippen LogP contribution in [0.1, 0.15) is 67.2 Å². The van der Waals surface area contributed by atoms with Gasteiger partial charge in [-0.15, -0.1) is 0 Å². The zero-order valence-electron chi connectivity index (χ0n) is 14.2. The van der Waals surface area contributed by atoms with Gasteiger partial charge < -0.3 is 9.64 Å². The van der Waals surface area contributed by atoms with E-state index in [2.05, 4.69) is 6.92 Å². The van der Waals surface area contributed by atoms with Gasteiger partial charge in [0.05, 0.1) is 12.5 Å². The summed E-state index contributed by atoms with van der Waals surface area (Å²) in [6.45, 7) is 13.8. The van der Waals surface area contributed by atoms with Gasteiger partial charge in [-0.1, -0.05) is 48.0 Å². The predicted octanol–water partition coefficient (Wildman–Crippen LogP) is 3.64. The second-order valence-corrected chi connectivity index (χ2v) is 4.26. The number of hydrogen-bond acceptors (Lipinski definition) is 3. The van der Waals surface area contributed by atoms with E-state index in [4.69, 9.17) is 4.74 Å². The van der Waals surface area contributed by atoms with Crippen LogP contribution in [-0.4, -0.2) is 36.5 Å². The summed E-state index contributed by atoms with van der Waals surface area (Å²) in [7, 11) is 0. The van der Waals surface area contributed by atoms with E-state index >= 15 is 0 Å². The van der Waals surface area contributed by atoms with Gasteiger partial charge in [-0.3, -0.25) is 9.59 Å². The molecule has 1 saturated heterocycles. The number of rotatable bonds is 6. The Bertz CT molecular complexity index is 254. The molecule has 1 amide bonds. The standard InChI is InChI=1S/C12H21NO3.2C2H6/c1-3-5-6-13-9-10(8-11(13)14)12(15)16-7-4-2;2*1-2/h10H,3-9H2,1-2H3;2*1-2H3. The first-order valence-corrected chi connectivity index (χ1v) is 8.13. The first kappa shape index (κ1) is 21.2. The first-order chi connectivity index (χ1) is 9.69. The maximum absolute atomic E-state index is 11.6. The third-order valence-corrected chi connectivity index (χ3v) is 2.78. The summed E-state index contributed by atoms with van der Waals surface area (Å²) >= 11 is 0. The number of esters is 1. The number of carbonyl (C=O) groups is 2. The van der Waals surface area contributed by atoms with Crippen molar-refractivity contribution >= 4 is 11.9 Å². The molecule has 1 unspecified atom stereocenters. The zero-order valence-corrected chi connectivity index (χ0v) is 14.2. The highest BCUT2D eigenvalue weighted by Gasteiger charge is 2.34. The van der Waals surface area contributed by atoms with Gasteiger partial charge >= 0.3 is 5.97 Å². The second-order valence-electron chi connectivity index (χ2n) is 4.26. The molecule has 1 aliphatic rings. The van der Waals surface area contributed by atoms with Gasteiger partial charge in [-0.05, 0) is 12.8 Å². The van der Waals surface area contributed by atoms with Crippen LogP contribution in [0, 0.1) is 5.92 Å². The smallest absolute Gasteiger partial charge is 0.311 e. The number of likely N-dealkylation sites (tertiary alicyclic amines) is 1. The Labute approximate surface area is 124 Å². The van der Waals surface area contributed by atoms with Gasteiger partial charge in [0, 0.05) is 19.5 Å². The number of hydrogen-bond donors (Lipinski definition) is 0. The van der Waals surface area contributed by atoms with E-state index in [1.54, 1.807) is 4.90 Å². The van der Waals surface area contributed by atoms with Crippen molar-refractivity contribution < 1.29 is 14.3 Å². The first-order valence-electron chi connectivity index (χ1n) is 8.13. The molecule has 1 fully saturated rings. The Kier molecular flexibility index (Phi) is 15.2. The van der Waals surface area contributed by atoms with Crippen molar-refractivity contribution in [2.24, 2.45) is 5.92 Å². The van der Waals surface area contributed by atoms with E-state index in [1.807, 2.05) is 34.6 Å². The molecule has 0 N–H and O–H groups in total. The number of nitrogens with zero attached hydrogens (tertiary/aromatic N) is 1. The Morgan fingerprint density at radius 1 is 1.20 bits per heavy atom. The summed E-state index contributed by atoms with van der Waals surface area (Å²) in [4.78, 5) is 24.9. The van der Waals surface area contributed by atoms with Crippen molar-refractivity contribution in [1.82, 2.24) is 4.90 Å². The molecule has 0 spiro atoms. The van der Waals surface area contributed by atoms with Crippen molar-refractivity contribution in [2.45, 2.75) is 67.2 Å². The van der Waals surface area contributed by atoms with Gasteiger partial charge in [0.1, 0.15) is 0 Å². The highest BCUT2D eigenvalue weighted by Crippen LogP contribution is 2.19. The minimum absolute atomic E-state index is 0.0897. The normalized spacial score (nSPS) is 16.8. The van der Waals surface area contributed by atoms with E-state index < -0.39 is 0 Å². The number of ether oxygens (including phenoxy) is 1. The van der Waals surface area contributed by atoms with Gasteiger partial charge in [-0.2, -0.15) is 0 Å². The fraction of sp³-hybridized carbons (Fsp3) is 0.875. The molecule has 0 aromatic heterocycles. The summed E-state index contributed by atoms with van der Waals surface area (Å²) in [6.07, 6.45) is 3.22. The lowest BCUT2D eigenvalue weighted by molar-refractivity contribution is -0.148. The highest BCUT2D eigenvalue weighted by molar-refractivity contribution is 5.86. The van der Waals surface area contributed by atoms with Crippen LogP contribution in [0.3, 0.4) is 0 Å². The van der Waals surface area contributed by atoms with E-state index in [9.17, 15) is 9.59 Å². The Morgan fingerprint density at radius 2 is 1.80 bits per heavy atom. The van der Waals surface area contributed by atoms with Gasteiger partial charge in [0.2, 0.25) is 5.91 Å². The van der Waals surface area contributed by atoms with Gasteiger partial charge in [-0.25, -0.2) is 0 Å². The maximum Gasteiger partial charge on any atom is 0.311 e. The molecule has 20 heavy (non-hydrogen) atoms. The lowest BCUT2D eigenvalue weighted by atomic mass is 10.1. The Balaban J connectivity index is 0. The van der Waals surface area contributed by atoms with Crippen molar-refractivity contribution in [2.75, 3.05) is 19.7 Å². The fourth-order valence-electron chi connectivity index (χ4n) is 1.82. The molecular weight excluding hydrogens is 254 g/mol. The van der Waals surface area contributed by atoms with Crippen molar-refractivity contribution in [3.63, 3.8) is 0 Å². The van der Waals surface area contributed by atoms with Crippen LogP contribution in [0.25, 0.3) is 0 Å². The van der Waals surface area contributed by atoms with E-state index in [-0.39, 0.29) is 17.8 Å². The monoisotopic (exact) mass is 287 g/mol. The molecule has 0 bridgehead atoms. The maximum atomic E-state index is 11.6. The Hall–Kier alpha value is -1.06. The van der Waals surface area contributed by atoms with E-state index in [0.717, 1.165) is 25.8 Å². The molecule has 0 aliphatic carbocycles. The number of carbonyl (C=O) groups excluding carboxylic acids is 2. The van der Waals surface area contributed by atoms with Crippen LogP contribution in [0.2, 0.25) is 0 Å². The lowest BCUT2D eigenvalue weighted by Crippen LogP contribution is -2.27. The molecule has 4 heteroatoms. The molecule has 0 aromatic rings. The SMILES string of the molecule is CC.CC.CCCCN1CC(C(=O)OCCC)CC1=O. The minimum atomic E-state index is -0.240. The number of unbranched alkanes of at least 4 members (excludes halogenated alkanes) is 1. The quantitative estimate of drug-likeness (QED) is 0.701.